The molecule has 3 nitrogen and oxygen atoms in total. The van der Waals surface area contributed by atoms with Crippen molar-refractivity contribution >= 4 is 5.97 Å². The predicted molar refractivity (Wildman–Crippen MR) is 77.0 cm³/mol. The van der Waals surface area contributed by atoms with Gasteiger partial charge in [-0.3, -0.25) is 4.79 Å². The lowest BCUT2D eigenvalue weighted by Gasteiger charge is -2.27. The van der Waals surface area contributed by atoms with Crippen LogP contribution >= 0.6 is 0 Å². The smallest absolute Gasteiger partial charge is 0.314 e. The normalized spacial score (nSPS) is 21.0. The number of hydrogen-bond donors (Lipinski definition) is 1. The average Bonchev–Trinajstić information content (AvgIpc) is 2.86. The van der Waals surface area contributed by atoms with Gasteiger partial charge in [-0.1, -0.05) is 19.3 Å². The molecule has 2 aliphatic rings. The Bertz CT molecular complexity index is 531. The molecule has 0 aliphatic heterocycles. The van der Waals surface area contributed by atoms with E-state index in [4.69, 9.17) is 4.74 Å². The van der Waals surface area contributed by atoms with E-state index < -0.39 is 17.2 Å². The molecule has 0 amide bonds. The van der Waals surface area contributed by atoms with Crippen molar-refractivity contribution in [2.45, 2.75) is 50.4 Å². The maximum Gasteiger partial charge on any atom is 0.314 e. The van der Waals surface area contributed by atoms with Gasteiger partial charge in [0.15, 0.2) is 0 Å². The van der Waals surface area contributed by atoms with Gasteiger partial charge in [0.25, 0.3) is 0 Å². The SMILES string of the molecule is O=C(O)C1(c2cc(F)cc(OCC3CCC3)c2)CCCC1. The lowest BCUT2D eigenvalue weighted by atomic mass is 9.79. The van der Waals surface area contributed by atoms with Gasteiger partial charge in [0.2, 0.25) is 0 Å². The largest absolute Gasteiger partial charge is 0.493 e. The lowest BCUT2D eigenvalue weighted by molar-refractivity contribution is -0.143. The fourth-order valence-electron chi connectivity index (χ4n) is 3.40. The molecule has 0 atom stereocenters. The van der Waals surface area contributed by atoms with Gasteiger partial charge in [0, 0.05) is 6.07 Å². The number of carboxylic acid groups (broad SMARTS) is 1. The van der Waals surface area contributed by atoms with Gasteiger partial charge in [-0.25, -0.2) is 4.39 Å². The quantitative estimate of drug-likeness (QED) is 0.895. The van der Waals surface area contributed by atoms with Crippen molar-refractivity contribution in [1.82, 2.24) is 0 Å². The van der Waals surface area contributed by atoms with Crippen LogP contribution < -0.4 is 4.74 Å². The van der Waals surface area contributed by atoms with Crippen LogP contribution in [0.4, 0.5) is 4.39 Å². The molecule has 4 heteroatoms. The monoisotopic (exact) mass is 292 g/mol. The summed E-state index contributed by atoms with van der Waals surface area (Å²) in [6, 6.07) is 4.43. The van der Waals surface area contributed by atoms with E-state index in [0.29, 0.717) is 36.7 Å². The van der Waals surface area contributed by atoms with Crippen LogP contribution in [0.1, 0.15) is 50.5 Å². The molecule has 3 rings (SSSR count). The first-order valence-electron chi connectivity index (χ1n) is 7.77. The van der Waals surface area contributed by atoms with Crippen LogP contribution in [0.2, 0.25) is 0 Å². The van der Waals surface area contributed by atoms with Crippen LogP contribution in [0, 0.1) is 11.7 Å². The molecule has 0 bridgehead atoms. The number of benzene rings is 1. The molecule has 2 fully saturated rings. The molecule has 0 saturated heterocycles. The molecular formula is C17H21FO3. The van der Waals surface area contributed by atoms with Crippen LogP contribution in [-0.2, 0) is 10.2 Å². The topological polar surface area (TPSA) is 46.5 Å². The summed E-state index contributed by atoms with van der Waals surface area (Å²) in [6.07, 6.45) is 6.48. The summed E-state index contributed by atoms with van der Waals surface area (Å²) in [6.45, 7) is 0.600. The molecule has 0 unspecified atom stereocenters. The highest BCUT2D eigenvalue weighted by atomic mass is 19.1. The number of aliphatic carboxylic acids is 1. The number of ether oxygens (including phenoxy) is 1. The Kier molecular flexibility index (Phi) is 3.87. The van der Waals surface area contributed by atoms with E-state index in [1.165, 1.54) is 31.4 Å². The Morgan fingerprint density at radius 2 is 1.95 bits per heavy atom. The Morgan fingerprint density at radius 1 is 1.24 bits per heavy atom. The summed E-state index contributed by atoms with van der Waals surface area (Å²) in [5, 5.41) is 9.60. The molecule has 0 heterocycles. The summed E-state index contributed by atoms with van der Waals surface area (Å²) in [4.78, 5) is 11.7. The molecule has 2 aliphatic carbocycles. The minimum absolute atomic E-state index is 0.413. The van der Waals surface area contributed by atoms with Gasteiger partial charge >= 0.3 is 5.97 Å². The van der Waals surface area contributed by atoms with Crippen molar-refractivity contribution in [2.24, 2.45) is 5.92 Å². The van der Waals surface area contributed by atoms with E-state index in [1.54, 1.807) is 6.07 Å². The molecule has 1 aromatic rings. The third-order valence-corrected chi connectivity index (χ3v) is 5.00. The highest BCUT2D eigenvalue weighted by Crippen LogP contribution is 2.42. The standard InChI is InChI=1S/C17H21FO3/c18-14-8-13(17(16(19)20)6-1-2-7-17)9-15(10-14)21-11-12-4-3-5-12/h8-10,12H,1-7,11H2,(H,19,20). The Balaban J connectivity index is 1.83. The van der Waals surface area contributed by atoms with Gasteiger partial charge in [0.05, 0.1) is 12.0 Å². The van der Waals surface area contributed by atoms with Gasteiger partial charge < -0.3 is 9.84 Å². The van der Waals surface area contributed by atoms with Crippen LogP contribution in [0.3, 0.4) is 0 Å². The van der Waals surface area contributed by atoms with Gasteiger partial charge in [0.1, 0.15) is 11.6 Å². The molecule has 1 aromatic carbocycles. The summed E-state index contributed by atoms with van der Waals surface area (Å²) in [5.74, 6) is -0.236. The summed E-state index contributed by atoms with van der Waals surface area (Å²) < 4.78 is 19.5. The maximum atomic E-state index is 13.9. The van der Waals surface area contributed by atoms with E-state index in [9.17, 15) is 14.3 Å². The maximum absolute atomic E-state index is 13.9. The molecule has 0 spiro atoms. The highest BCUT2D eigenvalue weighted by Gasteiger charge is 2.43. The zero-order valence-electron chi connectivity index (χ0n) is 12.1. The van der Waals surface area contributed by atoms with E-state index in [2.05, 4.69) is 0 Å². The lowest BCUT2D eigenvalue weighted by Crippen LogP contribution is -2.32. The van der Waals surface area contributed by atoms with E-state index in [1.807, 2.05) is 0 Å². The fraction of sp³-hybridized carbons (Fsp3) is 0.588. The zero-order chi connectivity index (χ0) is 14.9. The average molecular weight is 292 g/mol. The minimum atomic E-state index is -0.934. The van der Waals surface area contributed by atoms with E-state index in [0.717, 1.165) is 12.8 Å². The van der Waals surface area contributed by atoms with Crippen LogP contribution in [0.15, 0.2) is 18.2 Å². The van der Waals surface area contributed by atoms with Gasteiger partial charge in [-0.05, 0) is 49.3 Å². The van der Waals surface area contributed by atoms with Crippen molar-refractivity contribution < 1.29 is 19.0 Å². The van der Waals surface area contributed by atoms with Crippen molar-refractivity contribution in [1.29, 1.82) is 0 Å². The molecular weight excluding hydrogens is 271 g/mol. The first kappa shape index (κ1) is 14.4. The Morgan fingerprint density at radius 3 is 2.52 bits per heavy atom. The Hall–Kier alpha value is -1.58. The molecule has 114 valence electrons. The summed E-state index contributed by atoms with van der Waals surface area (Å²) in [5.41, 5.74) is -0.382. The molecule has 2 saturated carbocycles. The van der Waals surface area contributed by atoms with Crippen LogP contribution in [0.5, 0.6) is 5.75 Å². The van der Waals surface area contributed by atoms with Gasteiger partial charge in [-0.15, -0.1) is 0 Å². The van der Waals surface area contributed by atoms with E-state index >= 15 is 0 Å². The fourth-order valence-corrected chi connectivity index (χ4v) is 3.40. The first-order valence-corrected chi connectivity index (χ1v) is 7.77. The number of carboxylic acids is 1. The predicted octanol–water partition coefficient (Wildman–Crippen LogP) is 3.90. The number of carbonyl (C=O) groups is 1. The zero-order valence-corrected chi connectivity index (χ0v) is 12.1. The van der Waals surface area contributed by atoms with Crippen molar-refractivity contribution in [3.8, 4) is 5.75 Å². The number of hydrogen-bond acceptors (Lipinski definition) is 2. The summed E-state index contributed by atoms with van der Waals surface area (Å²) in [7, 11) is 0. The molecule has 1 N–H and O–H groups in total. The van der Waals surface area contributed by atoms with Crippen LogP contribution in [-0.4, -0.2) is 17.7 Å². The molecule has 0 aromatic heterocycles. The van der Waals surface area contributed by atoms with Gasteiger partial charge in [-0.2, -0.15) is 0 Å². The van der Waals surface area contributed by atoms with Crippen LogP contribution in [0.25, 0.3) is 0 Å². The second-order valence-corrected chi connectivity index (χ2v) is 6.38. The second-order valence-electron chi connectivity index (χ2n) is 6.38. The van der Waals surface area contributed by atoms with Crippen molar-refractivity contribution in [3.63, 3.8) is 0 Å². The highest BCUT2D eigenvalue weighted by molar-refractivity contribution is 5.82. The molecule has 0 radical (unpaired) electrons. The minimum Gasteiger partial charge on any atom is -0.493 e. The third kappa shape index (κ3) is 2.76. The second kappa shape index (κ2) is 5.66. The molecule has 21 heavy (non-hydrogen) atoms. The van der Waals surface area contributed by atoms with Crippen molar-refractivity contribution in [3.05, 3.63) is 29.6 Å². The number of halogens is 1. The summed E-state index contributed by atoms with van der Waals surface area (Å²) >= 11 is 0. The third-order valence-electron chi connectivity index (χ3n) is 5.00. The van der Waals surface area contributed by atoms with Crippen molar-refractivity contribution in [2.75, 3.05) is 6.61 Å². The Labute approximate surface area is 124 Å². The first-order chi connectivity index (χ1) is 10.1. The van der Waals surface area contributed by atoms with E-state index in [-0.39, 0.29) is 0 Å². The number of rotatable bonds is 5.